The largest absolute Gasteiger partial charge is 0.454 e. The minimum absolute atomic E-state index is 0.305. The molecule has 6 nitrogen and oxygen atoms in total. The molecule has 3 aromatic rings. The van der Waals surface area contributed by atoms with Crippen LogP contribution in [-0.2, 0) is 11.2 Å². The van der Waals surface area contributed by atoms with E-state index in [0.29, 0.717) is 12.5 Å². The molecule has 1 aliphatic heterocycles. The van der Waals surface area contributed by atoms with E-state index in [0.717, 1.165) is 47.3 Å². The second kappa shape index (κ2) is 10.2. The minimum Gasteiger partial charge on any atom is -0.454 e. The van der Waals surface area contributed by atoms with Gasteiger partial charge in [0, 0.05) is 18.8 Å². The molecule has 34 heavy (non-hydrogen) atoms. The summed E-state index contributed by atoms with van der Waals surface area (Å²) < 4.78 is 16.2. The smallest absolute Gasteiger partial charge is 0.412 e. The number of likely N-dealkylation sites (N-methyl/N-ethyl adjacent to an activating group) is 1. The van der Waals surface area contributed by atoms with E-state index < -0.39 is 11.7 Å². The highest BCUT2D eigenvalue weighted by molar-refractivity contribution is 5.95. The number of hydrogen-bond acceptors (Lipinski definition) is 5. The molecule has 0 spiro atoms. The third kappa shape index (κ3) is 6.29. The number of fused-ring (bicyclic) bond motifs is 2. The Morgan fingerprint density at radius 2 is 1.91 bits per heavy atom. The van der Waals surface area contributed by atoms with E-state index >= 15 is 0 Å². The average Bonchev–Trinajstić information content (AvgIpc) is 3.24. The first kappa shape index (κ1) is 23.6. The van der Waals surface area contributed by atoms with E-state index in [1.165, 1.54) is 5.56 Å². The minimum atomic E-state index is -0.531. The van der Waals surface area contributed by atoms with Crippen LogP contribution in [0.4, 0.5) is 10.5 Å². The van der Waals surface area contributed by atoms with Gasteiger partial charge in [-0.05, 0) is 80.4 Å². The van der Waals surface area contributed by atoms with Crippen LogP contribution in [0.25, 0.3) is 16.8 Å². The van der Waals surface area contributed by atoms with Gasteiger partial charge in [0.15, 0.2) is 11.5 Å². The molecule has 0 fully saturated rings. The fourth-order valence-corrected chi connectivity index (χ4v) is 3.82. The Morgan fingerprint density at radius 1 is 1.09 bits per heavy atom. The van der Waals surface area contributed by atoms with E-state index in [-0.39, 0.29) is 0 Å². The zero-order valence-corrected chi connectivity index (χ0v) is 20.3. The molecule has 0 aromatic heterocycles. The standard InChI is InChI=1S/C28H32N2O4/c1-28(2,3)34-27(31)29-23-11-12-24-21(7-5-8-22(24)18-23)9-6-15-30(4)16-14-20-10-13-25-26(17-20)33-19-32-25/h5-13,17-18H,14-16,19H2,1-4H3,(H,29,31)/b9-6+. The Bertz CT molecular complexity index is 1200. The quantitative estimate of drug-likeness (QED) is 0.461. The number of nitrogens with zero attached hydrogens (tertiary/aromatic N) is 1. The van der Waals surface area contributed by atoms with Gasteiger partial charge in [-0.25, -0.2) is 4.79 Å². The number of carbonyl (C=O) groups excluding carboxylic acids is 1. The normalized spacial score (nSPS) is 13.1. The number of benzene rings is 3. The molecule has 0 radical (unpaired) electrons. The second-order valence-corrected chi connectivity index (χ2v) is 9.51. The zero-order chi connectivity index (χ0) is 24.1. The van der Waals surface area contributed by atoms with E-state index in [1.807, 2.05) is 57.2 Å². The van der Waals surface area contributed by atoms with Crippen molar-refractivity contribution < 1.29 is 19.0 Å². The van der Waals surface area contributed by atoms with Crippen molar-refractivity contribution in [3.05, 3.63) is 71.8 Å². The highest BCUT2D eigenvalue weighted by atomic mass is 16.7. The van der Waals surface area contributed by atoms with Gasteiger partial charge in [-0.2, -0.15) is 0 Å². The van der Waals surface area contributed by atoms with Crippen LogP contribution < -0.4 is 14.8 Å². The Kier molecular flexibility index (Phi) is 7.08. The molecule has 4 rings (SSSR count). The Hall–Kier alpha value is -3.51. The topological polar surface area (TPSA) is 60.0 Å². The van der Waals surface area contributed by atoms with Gasteiger partial charge in [0.1, 0.15) is 5.60 Å². The lowest BCUT2D eigenvalue weighted by atomic mass is 10.0. The number of amides is 1. The number of hydrogen-bond donors (Lipinski definition) is 1. The molecule has 3 aromatic carbocycles. The van der Waals surface area contributed by atoms with Gasteiger partial charge < -0.3 is 19.1 Å². The summed E-state index contributed by atoms with van der Waals surface area (Å²) in [5.41, 5.74) is 2.57. The zero-order valence-electron chi connectivity index (χ0n) is 20.3. The lowest BCUT2D eigenvalue weighted by molar-refractivity contribution is 0.0636. The van der Waals surface area contributed by atoms with Crippen molar-refractivity contribution in [1.29, 1.82) is 0 Å². The van der Waals surface area contributed by atoms with Crippen molar-refractivity contribution in [2.24, 2.45) is 0 Å². The lowest BCUT2D eigenvalue weighted by Gasteiger charge is -2.19. The fraction of sp³-hybridized carbons (Fsp3) is 0.321. The second-order valence-electron chi connectivity index (χ2n) is 9.51. The predicted octanol–water partition coefficient (Wildman–Crippen LogP) is 6.10. The molecule has 0 saturated carbocycles. The number of ether oxygens (including phenoxy) is 3. The predicted molar refractivity (Wildman–Crippen MR) is 137 cm³/mol. The van der Waals surface area contributed by atoms with Crippen molar-refractivity contribution in [2.45, 2.75) is 32.8 Å². The molecule has 178 valence electrons. The fourth-order valence-electron chi connectivity index (χ4n) is 3.82. The van der Waals surface area contributed by atoms with Crippen molar-refractivity contribution in [3.8, 4) is 11.5 Å². The summed E-state index contributed by atoms with van der Waals surface area (Å²) in [5.74, 6) is 1.66. The molecule has 1 aliphatic rings. The summed E-state index contributed by atoms with van der Waals surface area (Å²) >= 11 is 0. The van der Waals surface area contributed by atoms with Gasteiger partial charge in [0.25, 0.3) is 0 Å². The molecule has 1 amide bonds. The van der Waals surface area contributed by atoms with Gasteiger partial charge in [-0.15, -0.1) is 0 Å². The van der Waals surface area contributed by atoms with Crippen LogP contribution in [0.1, 0.15) is 31.9 Å². The summed E-state index contributed by atoms with van der Waals surface area (Å²) in [6, 6.07) is 18.2. The molecule has 1 N–H and O–H groups in total. The molecule has 0 bridgehead atoms. The maximum absolute atomic E-state index is 12.1. The first-order chi connectivity index (χ1) is 16.3. The van der Waals surface area contributed by atoms with Crippen molar-refractivity contribution in [1.82, 2.24) is 4.90 Å². The van der Waals surface area contributed by atoms with Gasteiger partial charge in [0.05, 0.1) is 0 Å². The molecule has 0 aliphatic carbocycles. The number of rotatable bonds is 7. The maximum atomic E-state index is 12.1. The number of carbonyl (C=O) groups is 1. The van der Waals surface area contributed by atoms with Gasteiger partial charge >= 0.3 is 6.09 Å². The summed E-state index contributed by atoms with van der Waals surface area (Å²) in [5, 5.41) is 5.01. The van der Waals surface area contributed by atoms with Crippen LogP contribution in [-0.4, -0.2) is 43.5 Å². The van der Waals surface area contributed by atoms with Crippen molar-refractivity contribution in [2.75, 3.05) is 32.2 Å². The van der Waals surface area contributed by atoms with Crippen LogP contribution in [0.5, 0.6) is 11.5 Å². The highest BCUT2D eigenvalue weighted by Crippen LogP contribution is 2.32. The van der Waals surface area contributed by atoms with Crippen molar-refractivity contribution in [3.63, 3.8) is 0 Å². The van der Waals surface area contributed by atoms with E-state index in [1.54, 1.807) is 0 Å². The first-order valence-electron chi connectivity index (χ1n) is 11.5. The lowest BCUT2D eigenvalue weighted by Crippen LogP contribution is -2.27. The first-order valence-corrected chi connectivity index (χ1v) is 11.5. The summed E-state index contributed by atoms with van der Waals surface area (Å²) in [4.78, 5) is 14.4. The molecular formula is C28H32N2O4. The molecule has 6 heteroatoms. The van der Waals surface area contributed by atoms with Crippen LogP contribution in [0.3, 0.4) is 0 Å². The highest BCUT2D eigenvalue weighted by Gasteiger charge is 2.16. The maximum Gasteiger partial charge on any atom is 0.412 e. The van der Waals surface area contributed by atoms with Crippen LogP contribution in [0, 0.1) is 0 Å². The SMILES string of the molecule is CN(C/C=C/c1cccc2cc(NC(=O)OC(C)(C)C)ccc12)CCc1ccc2c(c1)OCO2. The Labute approximate surface area is 201 Å². The average molecular weight is 461 g/mol. The number of nitrogens with one attached hydrogen (secondary N) is 1. The van der Waals surface area contributed by atoms with E-state index in [9.17, 15) is 4.79 Å². The summed E-state index contributed by atoms with van der Waals surface area (Å²) in [6.07, 6.45) is 4.83. The van der Waals surface area contributed by atoms with Crippen LogP contribution in [0.2, 0.25) is 0 Å². The van der Waals surface area contributed by atoms with Gasteiger partial charge in [0.2, 0.25) is 6.79 Å². The van der Waals surface area contributed by atoms with E-state index in [4.69, 9.17) is 14.2 Å². The molecule has 1 heterocycles. The van der Waals surface area contributed by atoms with Crippen LogP contribution in [0.15, 0.2) is 60.7 Å². The molecule has 0 saturated heterocycles. The third-order valence-corrected chi connectivity index (χ3v) is 5.49. The Balaban J connectivity index is 1.34. The summed E-state index contributed by atoms with van der Waals surface area (Å²) in [7, 11) is 2.12. The number of anilines is 1. The third-order valence-electron chi connectivity index (χ3n) is 5.49. The van der Waals surface area contributed by atoms with Gasteiger partial charge in [-0.3, -0.25) is 5.32 Å². The monoisotopic (exact) mass is 460 g/mol. The molecular weight excluding hydrogens is 428 g/mol. The Morgan fingerprint density at radius 3 is 2.74 bits per heavy atom. The van der Waals surface area contributed by atoms with Gasteiger partial charge in [-0.1, -0.05) is 42.5 Å². The molecule has 0 unspecified atom stereocenters. The van der Waals surface area contributed by atoms with E-state index in [2.05, 4.69) is 47.6 Å². The summed E-state index contributed by atoms with van der Waals surface area (Å²) in [6.45, 7) is 7.64. The van der Waals surface area contributed by atoms with Crippen molar-refractivity contribution >= 4 is 28.6 Å². The molecule has 0 atom stereocenters. The van der Waals surface area contributed by atoms with Crippen LogP contribution >= 0.6 is 0 Å².